The van der Waals surface area contributed by atoms with Crippen LogP contribution in [0.25, 0.3) is 0 Å². The van der Waals surface area contributed by atoms with Crippen LogP contribution >= 0.6 is 0 Å². The van der Waals surface area contributed by atoms with Crippen molar-refractivity contribution in [3.8, 4) is 0 Å². The maximum Gasteiger partial charge on any atom is 0.371 e. The molecule has 7 heavy (non-hydrogen) atoms. The zero-order chi connectivity index (χ0) is 5.15. The van der Waals surface area contributed by atoms with E-state index in [4.69, 9.17) is 5.11 Å². The van der Waals surface area contributed by atoms with Crippen molar-refractivity contribution < 1.29 is 40.5 Å². The molecule has 1 N–H and O–H groups in total. The fourth-order valence-electron chi connectivity index (χ4n) is 0. The first-order valence-electron chi connectivity index (χ1n) is 1.38. The molecule has 0 aliphatic carbocycles. The summed E-state index contributed by atoms with van der Waals surface area (Å²) in [5, 5.41) is 7.64. The van der Waals surface area contributed by atoms with Gasteiger partial charge in [0.1, 0.15) is 0 Å². The summed E-state index contributed by atoms with van der Waals surface area (Å²) in [4.78, 5) is 18.9. The Morgan fingerprint density at radius 1 is 1.43 bits per heavy atom. The van der Waals surface area contributed by atoms with Crippen molar-refractivity contribution in [1.82, 2.24) is 0 Å². The van der Waals surface area contributed by atoms with Crippen LogP contribution in [-0.4, -0.2) is 16.9 Å². The monoisotopic (exact) mass is 268 g/mol. The summed E-state index contributed by atoms with van der Waals surface area (Å²) in [7, 11) is 0. The molecular weight excluding hydrogens is 263 g/mol. The second-order valence-corrected chi connectivity index (χ2v) is 0.861. The summed E-state index contributed by atoms with van der Waals surface area (Å²) in [6.07, 6.45) is 0. The Kier molecular flexibility index (Phi) is 6.02. The molecule has 0 aliphatic rings. The van der Waals surface area contributed by atoms with E-state index in [-0.39, 0.29) is 25.8 Å². The third-order valence-electron chi connectivity index (χ3n) is 0.301. The van der Waals surface area contributed by atoms with Crippen LogP contribution in [0.4, 0.5) is 0 Å². The standard InChI is InChI=1S/C3H4O3.Hf/c1-2(4)3(5)6;/h1H3,(H,5,6);. The van der Waals surface area contributed by atoms with Gasteiger partial charge in [-0.3, -0.25) is 4.79 Å². The molecule has 0 aromatic heterocycles. The van der Waals surface area contributed by atoms with Gasteiger partial charge >= 0.3 is 5.97 Å². The first-order valence-corrected chi connectivity index (χ1v) is 1.38. The van der Waals surface area contributed by atoms with Gasteiger partial charge in [-0.1, -0.05) is 0 Å². The summed E-state index contributed by atoms with van der Waals surface area (Å²) in [5.74, 6) is -2.20. The smallest absolute Gasteiger partial charge is 0.371 e. The molecule has 0 aromatic carbocycles. The van der Waals surface area contributed by atoms with Crippen molar-refractivity contribution in [2.45, 2.75) is 6.92 Å². The molecule has 0 aromatic rings. The number of carboxylic acid groups (broad SMARTS) is 1. The third-order valence-corrected chi connectivity index (χ3v) is 0.301. The van der Waals surface area contributed by atoms with Crippen molar-refractivity contribution in [3.63, 3.8) is 0 Å². The molecule has 0 rings (SSSR count). The molecule has 0 unspecified atom stereocenters. The number of hydrogen-bond acceptors (Lipinski definition) is 2. The zero-order valence-corrected chi connectivity index (χ0v) is 7.36. The number of Topliss-reactive ketones (excluding diaryl/α,β-unsaturated/α-hetero) is 1. The normalized spacial score (nSPS) is 6.43. The Balaban J connectivity index is 0. The molecule has 0 heterocycles. The maximum absolute atomic E-state index is 9.54. The van der Waals surface area contributed by atoms with Gasteiger partial charge in [0.15, 0.2) is 0 Å². The maximum atomic E-state index is 9.54. The molecule has 0 amide bonds. The van der Waals surface area contributed by atoms with Crippen LogP contribution in [0.15, 0.2) is 0 Å². The fourth-order valence-corrected chi connectivity index (χ4v) is 0. The van der Waals surface area contributed by atoms with Crippen LogP contribution in [0.3, 0.4) is 0 Å². The van der Waals surface area contributed by atoms with Crippen LogP contribution < -0.4 is 0 Å². The van der Waals surface area contributed by atoms with E-state index in [1.807, 2.05) is 0 Å². The second-order valence-electron chi connectivity index (χ2n) is 0.861. The van der Waals surface area contributed by atoms with E-state index >= 15 is 0 Å². The van der Waals surface area contributed by atoms with Gasteiger partial charge in [0.2, 0.25) is 5.78 Å². The van der Waals surface area contributed by atoms with Crippen LogP contribution in [0.2, 0.25) is 0 Å². The number of rotatable bonds is 1. The van der Waals surface area contributed by atoms with Crippen molar-refractivity contribution in [2.75, 3.05) is 0 Å². The van der Waals surface area contributed by atoms with Gasteiger partial charge < -0.3 is 5.11 Å². The van der Waals surface area contributed by atoms with Crippen molar-refractivity contribution in [1.29, 1.82) is 0 Å². The number of carboxylic acids is 1. The van der Waals surface area contributed by atoms with Crippen molar-refractivity contribution in [3.05, 3.63) is 0 Å². The largest absolute Gasteiger partial charge is 0.476 e. The first kappa shape index (κ1) is 10.1. The molecular formula is C3H4HfO3. The third kappa shape index (κ3) is 6.01. The van der Waals surface area contributed by atoms with Gasteiger partial charge in [-0.25, -0.2) is 4.79 Å². The summed E-state index contributed by atoms with van der Waals surface area (Å²) in [6.45, 7) is 1.00. The Morgan fingerprint density at radius 3 is 1.57 bits per heavy atom. The molecule has 0 saturated heterocycles. The minimum atomic E-state index is -1.38. The summed E-state index contributed by atoms with van der Waals surface area (Å²) < 4.78 is 0. The molecule has 0 atom stereocenters. The van der Waals surface area contributed by atoms with E-state index in [1.54, 1.807) is 0 Å². The number of carbonyl (C=O) groups excluding carboxylic acids is 1. The van der Waals surface area contributed by atoms with Crippen LogP contribution in [0.1, 0.15) is 6.92 Å². The number of carbonyl (C=O) groups is 2. The first-order chi connectivity index (χ1) is 2.64. The van der Waals surface area contributed by atoms with E-state index in [0.29, 0.717) is 0 Å². The molecule has 0 aliphatic heterocycles. The molecule has 0 radical (unpaired) electrons. The minimum absolute atomic E-state index is 0. The van der Waals surface area contributed by atoms with E-state index in [1.165, 1.54) is 0 Å². The van der Waals surface area contributed by atoms with Gasteiger partial charge in [-0.05, 0) is 0 Å². The zero-order valence-electron chi connectivity index (χ0n) is 3.76. The average Bonchev–Trinajstić information content (AvgIpc) is 1.36. The molecule has 0 fully saturated rings. The molecule has 0 saturated carbocycles. The quantitative estimate of drug-likeness (QED) is 0.522. The fraction of sp³-hybridized carbons (Fsp3) is 0.333. The predicted octanol–water partition coefficient (Wildman–Crippen LogP) is -0.343. The van der Waals surface area contributed by atoms with E-state index in [9.17, 15) is 9.59 Å². The van der Waals surface area contributed by atoms with E-state index in [2.05, 4.69) is 0 Å². The molecule has 4 heteroatoms. The number of aliphatic carboxylic acids is 1. The Morgan fingerprint density at radius 2 is 1.57 bits per heavy atom. The Hall–Kier alpha value is 0.0101. The number of ketones is 1. The summed E-state index contributed by atoms with van der Waals surface area (Å²) in [5.41, 5.74) is 0. The summed E-state index contributed by atoms with van der Waals surface area (Å²) in [6, 6.07) is 0. The molecule has 3 nitrogen and oxygen atoms in total. The second kappa shape index (κ2) is 4.18. The van der Waals surface area contributed by atoms with Crippen LogP contribution in [0, 0.1) is 0 Å². The van der Waals surface area contributed by atoms with E-state index in [0.717, 1.165) is 6.92 Å². The van der Waals surface area contributed by atoms with Gasteiger partial charge in [0.25, 0.3) is 0 Å². The van der Waals surface area contributed by atoms with Gasteiger partial charge in [-0.2, -0.15) is 0 Å². The minimum Gasteiger partial charge on any atom is -0.476 e. The topological polar surface area (TPSA) is 54.4 Å². The van der Waals surface area contributed by atoms with Crippen molar-refractivity contribution >= 4 is 11.8 Å². The van der Waals surface area contributed by atoms with Gasteiger partial charge in [0.05, 0.1) is 0 Å². The van der Waals surface area contributed by atoms with Crippen molar-refractivity contribution in [2.24, 2.45) is 0 Å². The average molecular weight is 267 g/mol. The van der Waals surface area contributed by atoms with E-state index < -0.39 is 11.8 Å². The Labute approximate surface area is 59.5 Å². The number of hydrogen-bond donors (Lipinski definition) is 1. The van der Waals surface area contributed by atoms with Crippen LogP contribution in [-0.2, 0) is 35.4 Å². The predicted molar refractivity (Wildman–Crippen MR) is 18.3 cm³/mol. The molecule has 0 bridgehead atoms. The van der Waals surface area contributed by atoms with Crippen LogP contribution in [0.5, 0.6) is 0 Å². The Bertz CT molecular complexity index is 76.2. The van der Waals surface area contributed by atoms with Gasteiger partial charge in [-0.15, -0.1) is 0 Å². The molecule has 38 valence electrons. The molecule has 0 spiro atoms. The SMILES string of the molecule is CC(=O)C(=O)O.[Hf]. The summed E-state index contributed by atoms with van der Waals surface area (Å²) >= 11 is 0. The van der Waals surface area contributed by atoms with Gasteiger partial charge in [0, 0.05) is 32.8 Å².